The number of hydrogen-bond acceptors (Lipinski definition) is 4. The fourth-order valence-electron chi connectivity index (χ4n) is 3.47. The van der Waals surface area contributed by atoms with Gasteiger partial charge in [-0.1, -0.05) is 13.3 Å². The average molecular weight is 424 g/mol. The number of carbonyl (C=O) groups excluding carboxylic acids is 3. The molecule has 7 heteroatoms. The minimum atomic E-state index is -0.341. The lowest BCUT2D eigenvalue weighted by Gasteiger charge is -2.16. The first-order valence-corrected chi connectivity index (χ1v) is 10.7. The molecule has 0 spiro atoms. The zero-order chi connectivity index (χ0) is 22.2. The van der Waals surface area contributed by atoms with Gasteiger partial charge in [0.25, 0.3) is 5.91 Å². The number of likely N-dealkylation sites (tertiary alicyclic amines) is 1. The maximum absolute atomic E-state index is 12.5. The summed E-state index contributed by atoms with van der Waals surface area (Å²) in [5, 5.41) is 5.69. The van der Waals surface area contributed by atoms with E-state index < -0.39 is 0 Å². The second kappa shape index (κ2) is 10.6. The Balaban J connectivity index is 1.53. The molecule has 1 saturated heterocycles. The highest BCUT2D eigenvalue weighted by Crippen LogP contribution is 2.21. The molecule has 1 aliphatic rings. The van der Waals surface area contributed by atoms with E-state index in [4.69, 9.17) is 4.74 Å². The summed E-state index contributed by atoms with van der Waals surface area (Å²) in [5.74, 6) is 0.0360. The first-order chi connectivity index (χ1) is 15.0. The van der Waals surface area contributed by atoms with Crippen molar-refractivity contribution in [2.75, 3.05) is 30.3 Å². The maximum atomic E-state index is 12.5. The van der Waals surface area contributed by atoms with Crippen LogP contribution in [0.2, 0.25) is 0 Å². The van der Waals surface area contributed by atoms with Gasteiger partial charge in [-0.05, 0) is 61.9 Å². The van der Waals surface area contributed by atoms with E-state index in [1.807, 2.05) is 6.92 Å². The highest BCUT2D eigenvalue weighted by Gasteiger charge is 2.33. The van der Waals surface area contributed by atoms with Crippen molar-refractivity contribution < 1.29 is 19.1 Å². The Morgan fingerprint density at radius 3 is 2.29 bits per heavy atom. The number of nitrogens with one attached hydrogen (secondary N) is 2. The van der Waals surface area contributed by atoms with E-state index in [9.17, 15) is 14.4 Å². The number of unbranched alkanes of at least 4 members (excludes halogenated alkanes) is 1. The molecule has 7 nitrogen and oxygen atoms in total. The summed E-state index contributed by atoms with van der Waals surface area (Å²) in [6, 6.07) is 13.9. The summed E-state index contributed by atoms with van der Waals surface area (Å²) in [4.78, 5) is 38.8. The van der Waals surface area contributed by atoms with Gasteiger partial charge in [0.1, 0.15) is 5.75 Å². The van der Waals surface area contributed by atoms with Crippen LogP contribution in [0.15, 0.2) is 48.5 Å². The summed E-state index contributed by atoms with van der Waals surface area (Å²) in [5.41, 5.74) is 1.75. The summed E-state index contributed by atoms with van der Waals surface area (Å²) in [6.07, 6.45) is 2.21. The van der Waals surface area contributed by atoms with Crippen molar-refractivity contribution in [1.29, 1.82) is 0 Å². The number of rotatable bonds is 9. The monoisotopic (exact) mass is 423 g/mol. The molecule has 3 amide bonds. The summed E-state index contributed by atoms with van der Waals surface area (Å²) < 4.78 is 5.39. The topological polar surface area (TPSA) is 87.7 Å². The van der Waals surface area contributed by atoms with E-state index in [2.05, 4.69) is 17.6 Å². The number of benzene rings is 2. The minimum absolute atomic E-state index is 0.0370. The Morgan fingerprint density at radius 2 is 1.65 bits per heavy atom. The lowest BCUT2D eigenvalue weighted by Crippen LogP contribution is -2.29. The van der Waals surface area contributed by atoms with E-state index >= 15 is 0 Å². The van der Waals surface area contributed by atoms with Gasteiger partial charge in [0.2, 0.25) is 11.8 Å². The van der Waals surface area contributed by atoms with E-state index in [0.717, 1.165) is 18.6 Å². The molecule has 0 aliphatic carbocycles. The summed E-state index contributed by atoms with van der Waals surface area (Å²) in [6.45, 7) is 5.75. The third-order valence-electron chi connectivity index (χ3n) is 5.20. The molecule has 1 heterocycles. The van der Waals surface area contributed by atoms with E-state index in [-0.39, 0.29) is 30.1 Å². The fourth-order valence-corrected chi connectivity index (χ4v) is 3.47. The first-order valence-electron chi connectivity index (χ1n) is 10.7. The second-order valence-corrected chi connectivity index (χ2v) is 7.57. The number of nitrogens with zero attached hydrogens (tertiary/aromatic N) is 1. The zero-order valence-electron chi connectivity index (χ0n) is 18.0. The number of ether oxygens (including phenoxy) is 1. The van der Waals surface area contributed by atoms with Crippen LogP contribution < -0.4 is 15.4 Å². The van der Waals surface area contributed by atoms with E-state index in [1.165, 1.54) is 0 Å². The minimum Gasteiger partial charge on any atom is -0.494 e. The van der Waals surface area contributed by atoms with Crippen molar-refractivity contribution in [3.8, 4) is 5.75 Å². The van der Waals surface area contributed by atoms with Crippen LogP contribution in [0.1, 0.15) is 43.5 Å². The molecule has 0 saturated carbocycles. The van der Waals surface area contributed by atoms with Crippen molar-refractivity contribution in [1.82, 2.24) is 4.90 Å². The summed E-state index contributed by atoms with van der Waals surface area (Å²) >= 11 is 0. The Kier molecular flexibility index (Phi) is 7.65. The number of carbonyl (C=O) groups is 3. The highest BCUT2D eigenvalue weighted by molar-refractivity contribution is 6.05. The predicted molar refractivity (Wildman–Crippen MR) is 120 cm³/mol. The molecule has 0 aromatic heterocycles. The number of amides is 3. The smallest absolute Gasteiger partial charge is 0.255 e. The molecule has 31 heavy (non-hydrogen) atoms. The maximum Gasteiger partial charge on any atom is 0.255 e. The Morgan fingerprint density at radius 1 is 1.00 bits per heavy atom. The van der Waals surface area contributed by atoms with Crippen molar-refractivity contribution in [3.63, 3.8) is 0 Å². The molecule has 2 N–H and O–H groups in total. The molecule has 164 valence electrons. The van der Waals surface area contributed by atoms with Crippen molar-refractivity contribution >= 4 is 29.1 Å². The van der Waals surface area contributed by atoms with Gasteiger partial charge in [-0.15, -0.1) is 0 Å². The van der Waals surface area contributed by atoms with E-state index in [0.29, 0.717) is 36.6 Å². The van der Waals surface area contributed by atoms with Gasteiger partial charge < -0.3 is 20.3 Å². The van der Waals surface area contributed by atoms with Crippen molar-refractivity contribution in [2.45, 2.75) is 33.1 Å². The molecular weight excluding hydrogens is 394 g/mol. The largest absolute Gasteiger partial charge is 0.494 e. The van der Waals surface area contributed by atoms with Gasteiger partial charge in [0, 0.05) is 36.4 Å². The quantitative estimate of drug-likeness (QED) is 0.640. The Labute approximate surface area is 182 Å². The van der Waals surface area contributed by atoms with Gasteiger partial charge in [-0.2, -0.15) is 0 Å². The lowest BCUT2D eigenvalue weighted by molar-refractivity contribution is -0.128. The van der Waals surface area contributed by atoms with Crippen molar-refractivity contribution in [2.24, 2.45) is 5.92 Å². The molecule has 1 atom stereocenters. The number of hydrogen-bond donors (Lipinski definition) is 2. The van der Waals surface area contributed by atoms with Gasteiger partial charge in [0.15, 0.2) is 0 Å². The molecular formula is C24H29N3O4. The highest BCUT2D eigenvalue weighted by atomic mass is 16.5. The fraction of sp³-hybridized carbons (Fsp3) is 0.375. The van der Waals surface area contributed by atoms with Crippen LogP contribution in [0.5, 0.6) is 5.75 Å². The van der Waals surface area contributed by atoms with Gasteiger partial charge in [-0.25, -0.2) is 0 Å². The number of anilines is 2. The molecule has 0 bridgehead atoms. The second-order valence-electron chi connectivity index (χ2n) is 7.57. The predicted octanol–water partition coefficient (Wildman–Crippen LogP) is 3.92. The van der Waals surface area contributed by atoms with Crippen LogP contribution >= 0.6 is 0 Å². The average Bonchev–Trinajstić information content (AvgIpc) is 3.15. The van der Waals surface area contributed by atoms with Crippen LogP contribution in [0, 0.1) is 5.92 Å². The molecule has 0 unspecified atom stereocenters. The first kappa shape index (κ1) is 22.3. The Bertz CT molecular complexity index is 909. The standard InChI is InChI=1S/C24H29N3O4/c1-3-5-14-27-16-18(15-22(27)28)24(30)26-19-8-6-17(7-9-19)23(29)25-20-10-12-21(13-11-20)31-4-2/h6-13,18H,3-5,14-16H2,1-2H3,(H,25,29)(H,26,30)/t18-/m1/s1. The Hall–Kier alpha value is -3.35. The van der Waals surface area contributed by atoms with Gasteiger partial charge >= 0.3 is 0 Å². The zero-order valence-corrected chi connectivity index (χ0v) is 18.0. The van der Waals surface area contributed by atoms with Crippen LogP contribution in [-0.2, 0) is 9.59 Å². The molecule has 2 aromatic carbocycles. The summed E-state index contributed by atoms with van der Waals surface area (Å²) in [7, 11) is 0. The normalized spacial score (nSPS) is 15.6. The molecule has 0 radical (unpaired) electrons. The van der Waals surface area contributed by atoms with Crippen LogP contribution in [0.4, 0.5) is 11.4 Å². The lowest BCUT2D eigenvalue weighted by atomic mass is 10.1. The third-order valence-corrected chi connectivity index (χ3v) is 5.20. The van der Waals surface area contributed by atoms with E-state index in [1.54, 1.807) is 53.4 Å². The van der Waals surface area contributed by atoms with Crippen molar-refractivity contribution in [3.05, 3.63) is 54.1 Å². The SMILES string of the molecule is CCCCN1C[C@H](C(=O)Nc2ccc(C(=O)Nc3ccc(OCC)cc3)cc2)CC1=O. The van der Waals surface area contributed by atoms with Crippen LogP contribution in [0.3, 0.4) is 0 Å². The third kappa shape index (κ3) is 6.07. The molecule has 3 rings (SSSR count). The van der Waals surface area contributed by atoms with Crippen LogP contribution in [-0.4, -0.2) is 42.3 Å². The van der Waals surface area contributed by atoms with Crippen LogP contribution in [0.25, 0.3) is 0 Å². The van der Waals surface area contributed by atoms with Gasteiger partial charge in [-0.3, -0.25) is 14.4 Å². The molecule has 1 aliphatic heterocycles. The molecule has 1 fully saturated rings. The molecule has 2 aromatic rings. The van der Waals surface area contributed by atoms with Gasteiger partial charge in [0.05, 0.1) is 12.5 Å².